The molecule has 6 nitrogen and oxygen atoms in total. The van der Waals surface area contributed by atoms with E-state index in [1.807, 2.05) is 31.2 Å². The van der Waals surface area contributed by atoms with Crippen molar-refractivity contribution in [1.82, 2.24) is 4.57 Å². The second kappa shape index (κ2) is 8.49. The first-order chi connectivity index (χ1) is 14.2. The first-order valence-electron chi connectivity index (χ1n) is 9.19. The lowest BCUT2D eigenvalue weighted by atomic mass is 10.1. The van der Waals surface area contributed by atoms with Gasteiger partial charge >= 0.3 is 0 Å². The van der Waals surface area contributed by atoms with E-state index in [2.05, 4.69) is 53.5 Å². The van der Waals surface area contributed by atoms with E-state index >= 15 is 0 Å². The molecule has 7 heteroatoms. The van der Waals surface area contributed by atoms with Crippen LogP contribution in [0, 0.1) is 25.2 Å². The summed E-state index contributed by atoms with van der Waals surface area (Å²) in [5.41, 5.74) is 6.24. The third kappa shape index (κ3) is 4.74. The lowest BCUT2D eigenvalue weighted by Gasteiger charge is -2.05. The molecule has 2 aromatic heterocycles. The van der Waals surface area contributed by atoms with Crippen LogP contribution < -0.4 is 4.40 Å². The van der Waals surface area contributed by atoms with Crippen LogP contribution in [0.3, 0.4) is 0 Å². The molecule has 2 aromatic carbocycles. The fraction of sp³-hybridized carbons (Fsp3) is 0.130. The van der Waals surface area contributed by atoms with Gasteiger partial charge in [-0.2, -0.15) is 5.26 Å². The van der Waals surface area contributed by atoms with Crippen molar-refractivity contribution in [3.63, 3.8) is 0 Å². The Morgan fingerprint density at radius 1 is 0.900 bits per heavy atom. The summed E-state index contributed by atoms with van der Waals surface area (Å²) >= 11 is 0. The van der Waals surface area contributed by atoms with Gasteiger partial charge in [0.2, 0.25) is 0 Å². The molecule has 2 heterocycles. The van der Waals surface area contributed by atoms with Gasteiger partial charge in [-0.3, -0.25) is 0 Å². The third-order valence-electron chi connectivity index (χ3n) is 4.69. The van der Waals surface area contributed by atoms with Crippen LogP contribution in [-0.4, -0.2) is 17.5 Å². The molecule has 0 amide bonds. The van der Waals surface area contributed by atoms with Crippen LogP contribution in [0.1, 0.15) is 16.7 Å². The lowest BCUT2D eigenvalue weighted by molar-refractivity contribution is -0.510. The molecular formula is C23H21N3O3S. The van der Waals surface area contributed by atoms with Crippen LogP contribution in [0.4, 0.5) is 0 Å². The van der Waals surface area contributed by atoms with Gasteiger partial charge in [-0.1, -0.05) is 17.7 Å². The van der Waals surface area contributed by atoms with Gasteiger partial charge in [0.15, 0.2) is 5.69 Å². The average molecular weight is 420 g/mol. The molecule has 30 heavy (non-hydrogen) atoms. The van der Waals surface area contributed by atoms with Crippen LogP contribution >= 0.6 is 0 Å². The standard InChI is InChI=1S/C16H14N3.C7H8O3S/c1-12-3-8-16-18(2)15(11-19(16)10-12)14-6-4-13(9-17)5-7-14;1-6-2-4-7(5-3-6)11(8,9)10/h3-8,10-11H,1-2H3;2-5H,1H3,(H,8,9,10)/q+1;/p-1. The number of hydrogen-bond acceptors (Lipinski definition) is 4. The molecule has 0 unspecified atom stereocenters. The van der Waals surface area contributed by atoms with Gasteiger partial charge in [0.05, 0.1) is 29.8 Å². The summed E-state index contributed by atoms with van der Waals surface area (Å²) in [7, 11) is -2.22. The predicted molar refractivity (Wildman–Crippen MR) is 113 cm³/mol. The van der Waals surface area contributed by atoms with Gasteiger partial charge in [-0.05, 0) is 61.9 Å². The zero-order valence-electron chi connectivity index (χ0n) is 16.9. The highest BCUT2D eigenvalue weighted by Gasteiger charge is 2.15. The molecule has 0 radical (unpaired) electrons. The minimum absolute atomic E-state index is 0.178. The summed E-state index contributed by atoms with van der Waals surface area (Å²) in [4.78, 5) is -0.178. The van der Waals surface area contributed by atoms with E-state index in [1.54, 1.807) is 12.1 Å². The Bertz CT molecular complexity index is 1330. The summed E-state index contributed by atoms with van der Waals surface area (Å²) < 4.78 is 35.4. The molecule has 0 saturated heterocycles. The normalized spacial score (nSPS) is 10.9. The van der Waals surface area contributed by atoms with Crippen LogP contribution in [0.25, 0.3) is 16.9 Å². The van der Waals surface area contributed by atoms with Crippen molar-refractivity contribution < 1.29 is 17.4 Å². The number of aryl methyl sites for hydroxylation is 3. The molecule has 0 saturated carbocycles. The number of hydrogen-bond donors (Lipinski definition) is 0. The smallest absolute Gasteiger partial charge is 0.286 e. The number of nitriles is 1. The quantitative estimate of drug-likeness (QED) is 0.367. The van der Waals surface area contributed by atoms with E-state index in [9.17, 15) is 13.0 Å². The number of pyridine rings is 1. The van der Waals surface area contributed by atoms with Crippen molar-refractivity contribution in [3.8, 4) is 17.3 Å². The van der Waals surface area contributed by atoms with E-state index in [-0.39, 0.29) is 4.90 Å². The summed E-state index contributed by atoms with van der Waals surface area (Å²) in [6.07, 6.45) is 4.23. The molecule has 0 aliphatic carbocycles. The summed E-state index contributed by atoms with van der Waals surface area (Å²) in [5.74, 6) is 0. The molecule has 0 bridgehead atoms. The van der Waals surface area contributed by atoms with Gasteiger partial charge in [0.1, 0.15) is 16.3 Å². The minimum Gasteiger partial charge on any atom is -0.744 e. The van der Waals surface area contributed by atoms with E-state index in [0.29, 0.717) is 5.56 Å². The molecule has 0 aliphatic rings. The van der Waals surface area contributed by atoms with Crippen molar-refractivity contribution in [3.05, 3.63) is 89.7 Å². The van der Waals surface area contributed by atoms with E-state index in [0.717, 1.165) is 22.5 Å². The van der Waals surface area contributed by atoms with Crippen molar-refractivity contribution in [2.24, 2.45) is 7.05 Å². The molecule has 0 fully saturated rings. The van der Waals surface area contributed by atoms with Crippen molar-refractivity contribution in [2.75, 3.05) is 0 Å². The summed E-state index contributed by atoms with van der Waals surface area (Å²) in [5, 5.41) is 8.84. The number of fused-ring (bicyclic) bond motifs is 1. The largest absolute Gasteiger partial charge is 0.744 e. The van der Waals surface area contributed by atoms with Gasteiger partial charge < -0.3 is 4.55 Å². The van der Waals surface area contributed by atoms with Crippen LogP contribution in [0.15, 0.2) is 78.0 Å². The van der Waals surface area contributed by atoms with Crippen molar-refractivity contribution >= 4 is 15.8 Å². The number of rotatable bonds is 2. The maximum Gasteiger partial charge on any atom is 0.286 e. The Balaban J connectivity index is 0.000000199. The second-order valence-corrected chi connectivity index (χ2v) is 8.38. The summed E-state index contributed by atoms with van der Waals surface area (Å²) in [6.45, 7) is 3.90. The molecule has 0 aliphatic heterocycles. The van der Waals surface area contributed by atoms with E-state index < -0.39 is 10.1 Å². The fourth-order valence-corrected chi connectivity index (χ4v) is 3.51. The Morgan fingerprint density at radius 3 is 2.07 bits per heavy atom. The van der Waals surface area contributed by atoms with Gasteiger partial charge in [0, 0.05) is 11.6 Å². The SMILES string of the molecule is Cc1ccc(S(=O)(=O)[O-])cc1.Cc1ccc2n(C)c(-c3ccc(C#N)cc3)c[n+]2c1. The highest BCUT2D eigenvalue weighted by molar-refractivity contribution is 7.85. The second-order valence-electron chi connectivity index (χ2n) is 7.00. The first-order valence-corrected chi connectivity index (χ1v) is 10.6. The average Bonchev–Trinajstić information content (AvgIpc) is 3.04. The van der Waals surface area contributed by atoms with Crippen molar-refractivity contribution in [2.45, 2.75) is 18.7 Å². The molecule has 0 spiro atoms. The molecule has 152 valence electrons. The Hall–Kier alpha value is -3.47. The molecule has 4 aromatic rings. The monoisotopic (exact) mass is 419 g/mol. The van der Waals surface area contributed by atoms with Crippen molar-refractivity contribution in [1.29, 1.82) is 5.26 Å². The van der Waals surface area contributed by atoms with Crippen LogP contribution in [0.5, 0.6) is 0 Å². The first kappa shape index (κ1) is 21.2. The minimum atomic E-state index is -4.27. The zero-order chi connectivity index (χ0) is 21.9. The molecule has 0 N–H and O–H groups in total. The Morgan fingerprint density at radius 2 is 1.50 bits per heavy atom. The number of imidazole rings is 1. The Labute approximate surface area is 176 Å². The fourth-order valence-electron chi connectivity index (χ4n) is 3.04. The summed E-state index contributed by atoms with van der Waals surface area (Å²) in [6, 6.07) is 19.8. The van der Waals surface area contributed by atoms with Gasteiger partial charge in [-0.15, -0.1) is 0 Å². The number of aromatic nitrogens is 2. The van der Waals surface area contributed by atoms with E-state index in [1.165, 1.54) is 17.7 Å². The third-order valence-corrected chi connectivity index (χ3v) is 5.54. The van der Waals surface area contributed by atoms with Gasteiger partial charge in [-0.25, -0.2) is 17.4 Å². The van der Waals surface area contributed by atoms with Crippen LogP contribution in [-0.2, 0) is 17.2 Å². The highest BCUT2D eigenvalue weighted by Crippen LogP contribution is 2.20. The maximum absolute atomic E-state index is 10.4. The lowest BCUT2D eigenvalue weighted by Crippen LogP contribution is -2.18. The van der Waals surface area contributed by atoms with Crippen LogP contribution in [0.2, 0.25) is 0 Å². The maximum atomic E-state index is 10.4. The predicted octanol–water partition coefficient (Wildman–Crippen LogP) is 3.51. The topological polar surface area (TPSA) is 90.0 Å². The molecule has 0 atom stereocenters. The number of benzene rings is 2. The van der Waals surface area contributed by atoms with Gasteiger partial charge in [0.25, 0.3) is 5.65 Å². The Kier molecular flexibility index (Phi) is 6.01. The molecule has 4 rings (SSSR count). The number of nitrogens with zero attached hydrogens (tertiary/aromatic N) is 3. The zero-order valence-corrected chi connectivity index (χ0v) is 17.7. The highest BCUT2D eigenvalue weighted by atomic mass is 32.2. The van der Waals surface area contributed by atoms with E-state index in [4.69, 9.17) is 5.26 Å². The molecular weight excluding hydrogens is 398 g/mol.